The molecule has 0 atom stereocenters. The number of benzene rings is 1. The van der Waals surface area contributed by atoms with Crippen molar-refractivity contribution in [2.24, 2.45) is 0 Å². The first-order valence-electron chi connectivity index (χ1n) is 5.00. The summed E-state index contributed by atoms with van der Waals surface area (Å²) in [7, 11) is 3.07. The third-order valence-corrected chi connectivity index (χ3v) is 2.52. The van der Waals surface area contributed by atoms with Crippen LogP contribution in [0.15, 0.2) is 12.1 Å². The molecule has 0 aliphatic carbocycles. The Labute approximate surface area is 108 Å². The normalized spacial score (nSPS) is 10.2. The number of aromatic amines is 1. The SMILES string of the molecule is COc1cc(Nc2n[nH]c(N)n2)c(OC)cc1Cl. The van der Waals surface area contributed by atoms with Crippen LogP contribution < -0.4 is 20.5 Å². The molecule has 4 N–H and O–H groups in total. The van der Waals surface area contributed by atoms with Gasteiger partial charge in [-0.3, -0.25) is 0 Å². The molecule has 0 saturated heterocycles. The summed E-state index contributed by atoms with van der Waals surface area (Å²) in [6.07, 6.45) is 0. The van der Waals surface area contributed by atoms with E-state index in [0.29, 0.717) is 28.2 Å². The topological polar surface area (TPSA) is 98.1 Å². The molecule has 0 amide bonds. The Balaban J connectivity index is 2.36. The molecule has 0 aliphatic heterocycles. The van der Waals surface area contributed by atoms with Crippen molar-refractivity contribution in [3.05, 3.63) is 17.2 Å². The molecule has 96 valence electrons. The Morgan fingerprint density at radius 3 is 2.56 bits per heavy atom. The van der Waals surface area contributed by atoms with Gasteiger partial charge in [-0.2, -0.15) is 4.98 Å². The van der Waals surface area contributed by atoms with Gasteiger partial charge in [-0.05, 0) is 0 Å². The quantitative estimate of drug-likeness (QED) is 0.783. The van der Waals surface area contributed by atoms with Crippen molar-refractivity contribution in [1.29, 1.82) is 0 Å². The highest BCUT2D eigenvalue weighted by atomic mass is 35.5. The van der Waals surface area contributed by atoms with E-state index in [1.54, 1.807) is 12.1 Å². The lowest BCUT2D eigenvalue weighted by atomic mass is 10.2. The highest BCUT2D eigenvalue weighted by molar-refractivity contribution is 6.32. The number of nitrogens with one attached hydrogen (secondary N) is 2. The summed E-state index contributed by atoms with van der Waals surface area (Å²) in [5.74, 6) is 1.61. The second-order valence-electron chi connectivity index (χ2n) is 3.36. The molecule has 0 bridgehead atoms. The number of aromatic nitrogens is 3. The summed E-state index contributed by atoms with van der Waals surface area (Å²) in [6.45, 7) is 0. The van der Waals surface area contributed by atoms with Crippen molar-refractivity contribution in [3.63, 3.8) is 0 Å². The Morgan fingerprint density at radius 1 is 1.28 bits per heavy atom. The van der Waals surface area contributed by atoms with E-state index in [1.165, 1.54) is 14.2 Å². The van der Waals surface area contributed by atoms with Gasteiger partial charge in [0.25, 0.3) is 0 Å². The number of nitrogens with two attached hydrogens (primary N) is 1. The molecular formula is C10H12ClN5O2. The van der Waals surface area contributed by atoms with Gasteiger partial charge < -0.3 is 20.5 Å². The number of methoxy groups -OCH3 is 2. The van der Waals surface area contributed by atoms with Crippen LogP contribution in [0.2, 0.25) is 5.02 Å². The van der Waals surface area contributed by atoms with E-state index in [1.807, 2.05) is 0 Å². The highest BCUT2D eigenvalue weighted by Crippen LogP contribution is 2.36. The molecule has 0 aliphatic rings. The molecule has 8 heteroatoms. The first-order chi connectivity index (χ1) is 8.63. The Kier molecular flexibility index (Phi) is 3.42. The molecular weight excluding hydrogens is 258 g/mol. The largest absolute Gasteiger partial charge is 0.495 e. The second kappa shape index (κ2) is 5.01. The molecule has 1 heterocycles. The van der Waals surface area contributed by atoms with E-state index in [4.69, 9.17) is 26.8 Å². The summed E-state index contributed by atoms with van der Waals surface area (Å²) in [5, 5.41) is 9.79. The lowest BCUT2D eigenvalue weighted by molar-refractivity contribution is 0.405. The minimum atomic E-state index is 0.220. The molecule has 0 saturated carbocycles. The van der Waals surface area contributed by atoms with Crippen molar-refractivity contribution in [3.8, 4) is 11.5 Å². The Bertz CT molecular complexity index is 557. The van der Waals surface area contributed by atoms with Crippen molar-refractivity contribution in [2.45, 2.75) is 0 Å². The fourth-order valence-electron chi connectivity index (χ4n) is 1.41. The van der Waals surface area contributed by atoms with Crippen LogP contribution in [0.5, 0.6) is 11.5 Å². The summed E-state index contributed by atoms with van der Waals surface area (Å²) in [5.41, 5.74) is 6.06. The summed E-state index contributed by atoms with van der Waals surface area (Å²) < 4.78 is 10.3. The van der Waals surface area contributed by atoms with Gasteiger partial charge in [-0.15, -0.1) is 5.10 Å². The number of hydrogen-bond acceptors (Lipinski definition) is 6. The van der Waals surface area contributed by atoms with Gasteiger partial charge in [0, 0.05) is 12.1 Å². The van der Waals surface area contributed by atoms with Gasteiger partial charge in [-0.1, -0.05) is 11.6 Å². The molecule has 1 aromatic heterocycles. The fraction of sp³-hybridized carbons (Fsp3) is 0.200. The average Bonchev–Trinajstić information content (AvgIpc) is 2.76. The average molecular weight is 270 g/mol. The van der Waals surface area contributed by atoms with Crippen molar-refractivity contribution in [1.82, 2.24) is 15.2 Å². The zero-order chi connectivity index (χ0) is 13.1. The van der Waals surface area contributed by atoms with Crippen LogP contribution in [0.1, 0.15) is 0 Å². The maximum atomic E-state index is 6.00. The number of rotatable bonds is 4. The van der Waals surface area contributed by atoms with Crippen LogP contribution in [-0.4, -0.2) is 29.4 Å². The summed E-state index contributed by atoms with van der Waals surface area (Å²) >= 11 is 6.00. The van der Waals surface area contributed by atoms with Crippen LogP contribution >= 0.6 is 11.6 Å². The predicted molar refractivity (Wildman–Crippen MR) is 68.6 cm³/mol. The first kappa shape index (κ1) is 12.3. The maximum absolute atomic E-state index is 6.00. The minimum absolute atomic E-state index is 0.220. The number of anilines is 3. The molecule has 0 spiro atoms. The second-order valence-corrected chi connectivity index (χ2v) is 3.76. The van der Waals surface area contributed by atoms with E-state index >= 15 is 0 Å². The number of halogens is 1. The molecule has 2 rings (SSSR count). The zero-order valence-electron chi connectivity index (χ0n) is 9.82. The van der Waals surface area contributed by atoms with Gasteiger partial charge in [0.05, 0.1) is 24.9 Å². The minimum Gasteiger partial charge on any atom is -0.495 e. The van der Waals surface area contributed by atoms with E-state index in [0.717, 1.165) is 0 Å². The lowest BCUT2D eigenvalue weighted by Crippen LogP contribution is -1.98. The first-order valence-corrected chi connectivity index (χ1v) is 5.38. The Hall–Kier alpha value is -2.15. The van der Waals surface area contributed by atoms with Crippen molar-refractivity contribution < 1.29 is 9.47 Å². The van der Waals surface area contributed by atoms with Crippen molar-refractivity contribution in [2.75, 3.05) is 25.3 Å². The van der Waals surface area contributed by atoms with Gasteiger partial charge in [0.2, 0.25) is 11.9 Å². The van der Waals surface area contributed by atoms with Crippen LogP contribution in [0.4, 0.5) is 17.6 Å². The number of nitrogens with zero attached hydrogens (tertiary/aromatic N) is 2. The van der Waals surface area contributed by atoms with Crippen LogP contribution in [0, 0.1) is 0 Å². The van der Waals surface area contributed by atoms with Gasteiger partial charge >= 0.3 is 0 Å². The van der Waals surface area contributed by atoms with E-state index in [-0.39, 0.29) is 5.95 Å². The molecule has 0 radical (unpaired) electrons. The molecule has 1 aromatic carbocycles. The van der Waals surface area contributed by atoms with Crippen LogP contribution in [0.25, 0.3) is 0 Å². The van der Waals surface area contributed by atoms with Crippen LogP contribution in [0.3, 0.4) is 0 Å². The van der Waals surface area contributed by atoms with Gasteiger partial charge in [-0.25, -0.2) is 5.10 Å². The zero-order valence-corrected chi connectivity index (χ0v) is 10.6. The number of ether oxygens (including phenoxy) is 2. The molecule has 7 nitrogen and oxygen atoms in total. The van der Waals surface area contributed by atoms with E-state index < -0.39 is 0 Å². The van der Waals surface area contributed by atoms with Crippen LogP contribution in [-0.2, 0) is 0 Å². The summed E-state index contributed by atoms with van der Waals surface area (Å²) in [6, 6.07) is 3.33. The van der Waals surface area contributed by atoms with Gasteiger partial charge in [0.15, 0.2) is 0 Å². The van der Waals surface area contributed by atoms with E-state index in [9.17, 15) is 0 Å². The molecule has 0 fully saturated rings. The van der Waals surface area contributed by atoms with Gasteiger partial charge in [0.1, 0.15) is 11.5 Å². The highest BCUT2D eigenvalue weighted by Gasteiger charge is 2.11. The number of hydrogen-bond donors (Lipinski definition) is 3. The molecule has 2 aromatic rings. The van der Waals surface area contributed by atoms with E-state index in [2.05, 4.69) is 20.5 Å². The number of nitrogen functional groups attached to an aromatic ring is 1. The molecule has 0 unspecified atom stereocenters. The predicted octanol–water partition coefficient (Wildman–Crippen LogP) is 1.80. The number of H-pyrrole nitrogens is 1. The monoisotopic (exact) mass is 269 g/mol. The third kappa shape index (κ3) is 2.40. The smallest absolute Gasteiger partial charge is 0.248 e. The standard InChI is InChI=1S/C10H12ClN5O2/c1-17-7-4-6(8(18-2)3-5(7)11)13-10-14-9(12)15-16-10/h3-4H,1-2H3,(H4,12,13,14,15,16). The fourth-order valence-corrected chi connectivity index (χ4v) is 1.64. The maximum Gasteiger partial charge on any atom is 0.248 e. The lowest BCUT2D eigenvalue weighted by Gasteiger charge is -2.11. The third-order valence-electron chi connectivity index (χ3n) is 2.22. The molecule has 18 heavy (non-hydrogen) atoms. The Morgan fingerprint density at radius 2 is 2.00 bits per heavy atom. The summed E-state index contributed by atoms with van der Waals surface area (Å²) in [4.78, 5) is 3.93. The van der Waals surface area contributed by atoms with Crippen molar-refractivity contribution >= 4 is 29.2 Å².